The number of piperazine rings is 1. The number of thiophene rings is 1. The first-order chi connectivity index (χ1) is 12.3. The van der Waals surface area contributed by atoms with E-state index in [0.29, 0.717) is 0 Å². The van der Waals surface area contributed by atoms with Gasteiger partial charge in [-0.05, 0) is 31.0 Å². The van der Waals surface area contributed by atoms with E-state index in [0.717, 1.165) is 61.8 Å². The fourth-order valence-electron chi connectivity index (χ4n) is 3.01. The number of hydrogen-bond acceptors (Lipinski definition) is 7. The second kappa shape index (κ2) is 7.33. The lowest BCUT2D eigenvalue weighted by Crippen LogP contribution is -2.45. The molecule has 4 heterocycles. The van der Waals surface area contributed by atoms with Crippen LogP contribution in [-0.4, -0.2) is 59.6 Å². The summed E-state index contributed by atoms with van der Waals surface area (Å²) in [6, 6.07) is 6.25. The minimum Gasteiger partial charge on any atom is -0.369 e. The summed E-state index contributed by atoms with van der Waals surface area (Å²) in [4.78, 5) is 19.8. The van der Waals surface area contributed by atoms with Crippen molar-refractivity contribution < 1.29 is 0 Å². The summed E-state index contributed by atoms with van der Waals surface area (Å²) < 4.78 is 0. The van der Waals surface area contributed by atoms with Gasteiger partial charge in [-0.1, -0.05) is 6.07 Å². The van der Waals surface area contributed by atoms with Crippen molar-refractivity contribution >= 4 is 34.0 Å². The van der Waals surface area contributed by atoms with Gasteiger partial charge in [0.1, 0.15) is 5.82 Å². The number of nitrogens with one attached hydrogen (secondary N) is 1. The van der Waals surface area contributed by atoms with Crippen molar-refractivity contribution in [2.45, 2.75) is 6.42 Å². The van der Waals surface area contributed by atoms with Gasteiger partial charge in [0.25, 0.3) is 0 Å². The van der Waals surface area contributed by atoms with E-state index < -0.39 is 0 Å². The van der Waals surface area contributed by atoms with Gasteiger partial charge in [0.15, 0.2) is 0 Å². The summed E-state index contributed by atoms with van der Waals surface area (Å²) >= 11 is 1.79. The van der Waals surface area contributed by atoms with Gasteiger partial charge in [-0.15, -0.1) is 11.3 Å². The first-order valence-electron chi connectivity index (χ1n) is 8.61. The highest BCUT2D eigenvalue weighted by atomic mass is 32.1. The van der Waals surface area contributed by atoms with Crippen LogP contribution in [0, 0.1) is 0 Å². The average molecular weight is 354 g/mol. The Balaban J connectivity index is 1.57. The Morgan fingerprint density at radius 2 is 2.04 bits per heavy atom. The molecule has 0 spiro atoms. The molecular formula is C18H22N6S. The second-order valence-corrected chi connectivity index (χ2v) is 7.34. The smallest absolute Gasteiger partial charge is 0.228 e. The van der Waals surface area contributed by atoms with Crippen LogP contribution < -0.4 is 10.2 Å². The van der Waals surface area contributed by atoms with E-state index in [2.05, 4.69) is 44.7 Å². The molecule has 7 heteroatoms. The molecule has 130 valence electrons. The van der Waals surface area contributed by atoms with E-state index in [1.54, 1.807) is 17.5 Å². The Morgan fingerprint density at radius 1 is 1.16 bits per heavy atom. The maximum atomic E-state index is 4.83. The standard InChI is InChI=1S/C18H22N6S/c1-23-8-10-24(11-9-23)18-21-16-13-19-6-5-15(16)17(22-18)20-7-4-14-3-2-12-25-14/h2-3,5-6,12-13H,4,7-11H2,1H3,(H,20,21,22). The second-order valence-electron chi connectivity index (χ2n) is 6.31. The molecule has 1 saturated heterocycles. The molecule has 0 saturated carbocycles. The quantitative estimate of drug-likeness (QED) is 0.760. The van der Waals surface area contributed by atoms with Gasteiger partial charge in [0, 0.05) is 49.2 Å². The van der Waals surface area contributed by atoms with Gasteiger partial charge < -0.3 is 15.1 Å². The fraction of sp³-hybridized carbons (Fsp3) is 0.389. The first kappa shape index (κ1) is 16.2. The molecule has 1 fully saturated rings. The molecule has 3 aromatic heterocycles. The van der Waals surface area contributed by atoms with Gasteiger partial charge in [-0.3, -0.25) is 4.98 Å². The Hall–Kier alpha value is -2.25. The topological polar surface area (TPSA) is 57.2 Å². The molecule has 0 atom stereocenters. The summed E-state index contributed by atoms with van der Waals surface area (Å²) in [5.74, 6) is 1.70. The van der Waals surface area contributed by atoms with E-state index in [9.17, 15) is 0 Å². The van der Waals surface area contributed by atoms with Crippen molar-refractivity contribution in [1.29, 1.82) is 0 Å². The van der Waals surface area contributed by atoms with Crippen LogP contribution in [-0.2, 0) is 6.42 Å². The van der Waals surface area contributed by atoms with Crippen molar-refractivity contribution in [3.8, 4) is 0 Å². The summed E-state index contributed by atoms with van der Waals surface area (Å²) in [6.45, 7) is 4.84. The number of fused-ring (bicyclic) bond motifs is 1. The Labute approximate surface area is 151 Å². The molecule has 4 rings (SSSR count). The molecule has 0 bridgehead atoms. The number of pyridine rings is 1. The molecule has 0 aromatic carbocycles. The fourth-order valence-corrected chi connectivity index (χ4v) is 3.72. The van der Waals surface area contributed by atoms with Crippen LogP contribution >= 0.6 is 11.3 Å². The Bertz CT molecular complexity index is 827. The predicted molar refractivity (Wildman–Crippen MR) is 104 cm³/mol. The number of aromatic nitrogens is 3. The number of nitrogens with zero attached hydrogens (tertiary/aromatic N) is 5. The van der Waals surface area contributed by atoms with Crippen molar-refractivity contribution in [3.05, 3.63) is 40.8 Å². The number of rotatable bonds is 5. The third-order valence-electron chi connectivity index (χ3n) is 4.52. The van der Waals surface area contributed by atoms with E-state index in [4.69, 9.17) is 9.97 Å². The largest absolute Gasteiger partial charge is 0.369 e. The number of hydrogen-bond donors (Lipinski definition) is 1. The number of likely N-dealkylation sites (N-methyl/N-ethyl adjacent to an activating group) is 1. The molecule has 0 amide bonds. The van der Waals surface area contributed by atoms with Gasteiger partial charge in [-0.2, -0.15) is 4.98 Å². The highest BCUT2D eigenvalue weighted by Gasteiger charge is 2.18. The molecule has 0 aliphatic carbocycles. The van der Waals surface area contributed by atoms with E-state index in [-0.39, 0.29) is 0 Å². The van der Waals surface area contributed by atoms with Crippen LogP contribution in [0.3, 0.4) is 0 Å². The molecule has 0 unspecified atom stereocenters. The Kier molecular flexibility index (Phi) is 4.76. The minimum atomic E-state index is 0.798. The first-order valence-corrected chi connectivity index (χ1v) is 9.49. The molecule has 1 aliphatic heterocycles. The monoisotopic (exact) mass is 354 g/mol. The van der Waals surface area contributed by atoms with Crippen LogP contribution in [0.5, 0.6) is 0 Å². The van der Waals surface area contributed by atoms with Crippen molar-refractivity contribution in [1.82, 2.24) is 19.9 Å². The predicted octanol–water partition coefficient (Wildman–Crippen LogP) is 2.49. The summed E-state index contributed by atoms with van der Waals surface area (Å²) in [5.41, 5.74) is 0.894. The summed E-state index contributed by atoms with van der Waals surface area (Å²) in [7, 11) is 2.15. The van der Waals surface area contributed by atoms with Crippen molar-refractivity contribution in [3.63, 3.8) is 0 Å². The zero-order valence-electron chi connectivity index (χ0n) is 14.4. The van der Waals surface area contributed by atoms with Crippen LogP contribution in [0.4, 0.5) is 11.8 Å². The highest BCUT2D eigenvalue weighted by molar-refractivity contribution is 7.09. The zero-order chi connectivity index (χ0) is 17.1. The molecule has 0 radical (unpaired) electrons. The van der Waals surface area contributed by atoms with Gasteiger partial charge in [0.05, 0.1) is 11.7 Å². The third-order valence-corrected chi connectivity index (χ3v) is 5.45. The minimum absolute atomic E-state index is 0.798. The van der Waals surface area contributed by atoms with Crippen LogP contribution in [0.2, 0.25) is 0 Å². The molecule has 1 aliphatic rings. The van der Waals surface area contributed by atoms with E-state index in [1.807, 2.05) is 12.3 Å². The molecule has 1 N–H and O–H groups in total. The van der Waals surface area contributed by atoms with Gasteiger partial charge in [0.2, 0.25) is 5.95 Å². The van der Waals surface area contributed by atoms with Gasteiger partial charge in [-0.25, -0.2) is 4.98 Å². The average Bonchev–Trinajstić information content (AvgIpc) is 3.15. The lowest BCUT2D eigenvalue weighted by atomic mass is 10.2. The lowest BCUT2D eigenvalue weighted by molar-refractivity contribution is 0.311. The maximum Gasteiger partial charge on any atom is 0.228 e. The highest BCUT2D eigenvalue weighted by Crippen LogP contribution is 2.23. The maximum absolute atomic E-state index is 4.83. The SMILES string of the molecule is CN1CCN(c2nc(NCCc3cccs3)c3ccncc3n2)CC1. The van der Waals surface area contributed by atoms with Gasteiger partial charge >= 0.3 is 0 Å². The molecular weight excluding hydrogens is 332 g/mol. The van der Waals surface area contributed by atoms with Crippen molar-refractivity contribution in [2.24, 2.45) is 0 Å². The molecule has 3 aromatic rings. The third kappa shape index (κ3) is 3.72. The summed E-state index contributed by atoms with van der Waals surface area (Å²) in [6.07, 6.45) is 4.62. The normalized spacial score (nSPS) is 15.6. The van der Waals surface area contributed by atoms with E-state index >= 15 is 0 Å². The lowest BCUT2D eigenvalue weighted by Gasteiger charge is -2.32. The van der Waals surface area contributed by atoms with Crippen LogP contribution in [0.15, 0.2) is 36.0 Å². The van der Waals surface area contributed by atoms with Crippen LogP contribution in [0.25, 0.3) is 10.9 Å². The molecule has 6 nitrogen and oxygen atoms in total. The van der Waals surface area contributed by atoms with E-state index in [1.165, 1.54) is 4.88 Å². The Morgan fingerprint density at radius 3 is 2.84 bits per heavy atom. The number of anilines is 2. The zero-order valence-corrected chi connectivity index (χ0v) is 15.2. The van der Waals surface area contributed by atoms with Crippen molar-refractivity contribution in [2.75, 3.05) is 50.0 Å². The molecule has 25 heavy (non-hydrogen) atoms. The van der Waals surface area contributed by atoms with Crippen LogP contribution in [0.1, 0.15) is 4.88 Å². The summed E-state index contributed by atoms with van der Waals surface area (Å²) in [5, 5.41) is 6.65.